The molecule has 1 unspecified atom stereocenters. The summed E-state index contributed by atoms with van der Waals surface area (Å²) in [5.74, 6) is 0.245. The number of nitro benzene ring substituents is 1. The highest BCUT2D eigenvalue weighted by atomic mass is 16.6. The van der Waals surface area contributed by atoms with E-state index in [1.54, 1.807) is 23.2 Å². The second-order valence-corrected chi connectivity index (χ2v) is 5.49. The maximum atomic E-state index is 12.6. The fourth-order valence-electron chi connectivity index (χ4n) is 2.67. The number of hydrogen-bond donors (Lipinski definition) is 0. The molecule has 8 nitrogen and oxygen atoms in total. The molecule has 1 saturated heterocycles. The van der Waals surface area contributed by atoms with Crippen molar-refractivity contribution in [3.63, 3.8) is 0 Å². The Kier molecular flexibility index (Phi) is 4.64. The lowest BCUT2D eigenvalue weighted by Gasteiger charge is -2.32. The highest BCUT2D eigenvalue weighted by Gasteiger charge is 2.26. The van der Waals surface area contributed by atoms with Crippen molar-refractivity contribution in [2.75, 3.05) is 13.1 Å². The van der Waals surface area contributed by atoms with E-state index in [0.29, 0.717) is 24.5 Å². The Morgan fingerprint density at radius 3 is 3.00 bits per heavy atom. The van der Waals surface area contributed by atoms with Gasteiger partial charge >= 0.3 is 0 Å². The average molecular weight is 328 g/mol. The van der Waals surface area contributed by atoms with Crippen LogP contribution < -0.4 is 4.74 Å². The Balaban J connectivity index is 1.69. The monoisotopic (exact) mass is 328 g/mol. The lowest BCUT2D eigenvalue weighted by molar-refractivity contribution is -0.384. The van der Waals surface area contributed by atoms with Gasteiger partial charge in [0.05, 0.1) is 11.5 Å². The highest BCUT2D eigenvalue weighted by molar-refractivity contribution is 5.94. The molecule has 2 heterocycles. The number of nitro groups is 1. The Morgan fingerprint density at radius 2 is 2.25 bits per heavy atom. The van der Waals surface area contributed by atoms with Crippen LogP contribution in [0.2, 0.25) is 0 Å². The SMILES string of the molecule is O=C(c1cccc([N+](=O)[O-])c1)N1CCCC(Oc2ccncn2)C1. The van der Waals surface area contributed by atoms with Crippen LogP contribution in [0.3, 0.4) is 0 Å². The maximum Gasteiger partial charge on any atom is 0.270 e. The predicted octanol–water partition coefficient (Wildman–Crippen LogP) is 2.07. The molecule has 1 atom stereocenters. The second-order valence-electron chi connectivity index (χ2n) is 5.49. The summed E-state index contributed by atoms with van der Waals surface area (Å²) in [7, 11) is 0. The first-order valence-corrected chi connectivity index (χ1v) is 7.60. The van der Waals surface area contributed by atoms with E-state index >= 15 is 0 Å². The third-order valence-electron chi connectivity index (χ3n) is 3.81. The molecule has 0 radical (unpaired) electrons. The van der Waals surface area contributed by atoms with Crippen molar-refractivity contribution in [1.82, 2.24) is 14.9 Å². The van der Waals surface area contributed by atoms with Gasteiger partial charge in [0.25, 0.3) is 11.6 Å². The Bertz CT molecular complexity index is 738. The topological polar surface area (TPSA) is 98.5 Å². The number of ether oxygens (including phenoxy) is 1. The summed E-state index contributed by atoms with van der Waals surface area (Å²) in [5.41, 5.74) is 0.221. The van der Waals surface area contributed by atoms with Crippen molar-refractivity contribution in [3.05, 3.63) is 58.5 Å². The minimum absolute atomic E-state index is 0.0911. The van der Waals surface area contributed by atoms with Gasteiger partial charge in [-0.25, -0.2) is 9.97 Å². The van der Waals surface area contributed by atoms with Gasteiger partial charge in [-0.05, 0) is 18.9 Å². The maximum absolute atomic E-state index is 12.6. The molecule has 0 spiro atoms. The first-order chi connectivity index (χ1) is 11.6. The molecule has 124 valence electrons. The number of hydrogen-bond acceptors (Lipinski definition) is 6. The number of carbonyl (C=O) groups is 1. The van der Waals surface area contributed by atoms with Crippen molar-refractivity contribution >= 4 is 11.6 Å². The van der Waals surface area contributed by atoms with Crippen LogP contribution in [0.15, 0.2) is 42.9 Å². The highest BCUT2D eigenvalue weighted by Crippen LogP contribution is 2.20. The molecular weight excluding hydrogens is 312 g/mol. The third kappa shape index (κ3) is 3.65. The molecular formula is C16H16N4O4. The van der Waals surface area contributed by atoms with E-state index < -0.39 is 4.92 Å². The van der Waals surface area contributed by atoms with Gasteiger partial charge in [0.1, 0.15) is 12.4 Å². The Morgan fingerprint density at radius 1 is 1.38 bits per heavy atom. The van der Waals surface area contributed by atoms with Crippen molar-refractivity contribution in [1.29, 1.82) is 0 Å². The zero-order valence-corrected chi connectivity index (χ0v) is 12.9. The predicted molar refractivity (Wildman–Crippen MR) is 84.7 cm³/mol. The van der Waals surface area contributed by atoms with Crippen LogP contribution in [0.25, 0.3) is 0 Å². The van der Waals surface area contributed by atoms with E-state index in [1.165, 1.54) is 24.5 Å². The van der Waals surface area contributed by atoms with Crippen molar-refractivity contribution in [2.45, 2.75) is 18.9 Å². The van der Waals surface area contributed by atoms with Crippen LogP contribution in [0.4, 0.5) is 5.69 Å². The number of piperidine rings is 1. The van der Waals surface area contributed by atoms with Crippen molar-refractivity contribution < 1.29 is 14.5 Å². The number of aromatic nitrogens is 2. The molecule has 1 aromatic carbocycles. The summed E-state index contributed by atoms with van der Waals surface area (Å²) >= 11 is 0. The van der Waals surface area contributed by atoms with E-state index in [2.05, 4.69) is 9.97 Å². The molecule has 2 aromatic rings. The van der Waals surface area contributed by atoms with Gasteiger partial charge in [-0.1, -0.05) is 6.07 Å². The molecule has 0 saturated carbocycles. The molecule has 3 rings (SSSR count). The zero-order valence-electron chi connectivity index (χ0n) is 12.9. The van der Waals surface area contributed by atoms with E-state index in [1.807, 2.05) is 0 Å². The Labute approximate surface area is 138 Å². The summed E-state index contributed by atoms with van der Waals surface area (Å²) in [6.45, 7) is 1.02. The van der Waals surface area contributed by atoms with E-state index in [0.717, 1.165) is 12.8 Å². The van der Waals surface area contributed by atoms with Gasteiger partial charge < -0.3 is 9.64 Å². The molecule has 1 aliphatic rings. The van der Waals surface area contributed by atoms with Gasteiger partial charge in [-0.15, -0.1) is 0 Å². The quantitative estimate of drug-likeness (QED) is 0.629. The number of carbonyl (C=O) groups excluding carboxylic acids is 1. The standard InChI is InChI=1S/C16H16N4O4/c21-16(12-3-1-4-13(9-12)20(22)23)19-8-2-5-14(10-19)24-15-6-7-17-11-18-15/h1,3-4,6-7,9,11,14H,2,5,8,10H2. The van der Waals surface area contributed by atoms with Crippen LogP contribution in [0.5, 0.6) is 5.88 Å². The summed E-state index contributed by atoms with van der Waals surface area (Å²) < 4.78 is 5.78. The first-order valence-electron chi connectivity index (χ1n) is 7.60. The third-order valence-corrected chi connectivity index (χ3v) is 3.81. The molecule has 0 N–H and O–H groups in total. The van der Waals surface area contributed by atoms with Gasteiger partial charge in [-0.3, -0.25) is 14.9 Å². The normalized spacial score (nSPS) is 17.3. The van der Waals surface area contributed by atoms with Gasteiger partial charge in [0, 0.05) is 36.5 Å². The summed E-state index contributed by atoms with van der Waals surface area (Å²) in [6, 6.07) is 7.45. The van der Waals surface area contributed by atoms with Crippen LogP contribution >= 0.6 is 0 Å². The molecule has 1 aliphatic heterocycles. The number of likely N-dealkylation sites (tertiary alicyclic amines) is 1. The lowest BCUT2D eigenvalue weighted by Crippen LogP contribution is -2.44. The molecule has 0 bridgehead atoms. The largest absolute Gasteiger partial charge is 0.472 e. The number of benzene rings is 1. The molecule has 8 heteroatoms. The average Bonchev–Trinajstić information content (AvgIpc) is 2.62. The minimum Gasteiger partial charge on any atom is -0.472 e. The fourth-order valence-corrected chi connectivity index (χ4v) is 2.67. The van der Waals surface area contributed by atoms with Crippen LogP contribution in [-0.2, 0) is 0 Å². The first kappa shape index (κ1) is 15.9. The number of amides is 1. The van der Waals surface area contributed by atoms with Gasteiger partial charge in [0.2, 0.25) is 5.88 Å². The minimum atomic E-state index is -0.506. The smallest absolute Gasteiger partial charge is 0.270 e. The number of non-ortho nitro benzene ring substituents is 1. The zero-order chi connectivity index (χ0) is 16.9. The van der Waals surface area contributed by atoms with Crippen LogP contribution in [-0.4, -0.2) is 44.9 Å². The lowest BCUT2D eigenvalue weighted by atomic mass is 10.1. The van der Waals surface area contributed by atoms with E-state index in [4.69, 9.17) is 4.74 Å². The summed E-state index contributed by atoms with van der Waals surface area (Å²) in [4.78, 5) is 32.5. The van der Waals surface area contributed by atoms with Crippen molar-refractivity contribution in [3.8, 4) is 5.88 Å². The molecule has 1 fully saturated rings. The van der Waals surface area contributed by atoms with Gasteiger partial charge in [0.15, 0.2) is 0 Å². The summed E-state index contributed by atoms with van der Waals surface area (Å²) in [6.07, 6.45) is 4.47. The fraction of sp³-hybridized carbons (Fsp3) is 0.312. The number of rotatable bonds is 4. The molecule has 0 aliphatic carbocycles. The van der Waals surface area contributed by atoms with Crippen LogP contribution in [0, 0.1) is 10.1 Å². The van der Waals surface area contributed by atoms with E-state index in [-0.39, 0.29) is 17.7 Å². The van der Waals surface area contributed by atoms with Crippen LogP contribution in [0.1, 0.15) is 23.2 Å². The molecule has 24 heavy (non-hydrogen) atoms. The number of nitrogens with zero attached hydrogens (tertiary/aromatic N) is 4. The second kappa shape index (κ2) is 7.03. The van der Waals surface area contributed by atoms with E-state index in [9.17, 15) is 14.9 Å². The van der Waals surface area contributed by atoms with Gasteiger partial charge in [-0.2, -0.15) is 0 Å². The molecule has 1 amide bonds. The summed E-state index contributed by atoms with van der Waals surface area (Å²) in [5, 5.41) is 10.9. The Hall–Kier alpha value is -3.03. The van der Waals surface area contributed by atoms with Crippen molar-refractivity contribution in [2.24, 2.45) is 0 Å². The molecule has 1 aromatic heterocycles.